The maximum Gasteiger partial charge on any atom is 0.108 e. The number of aliphatic hydroxyl groups is 2. The maximum absolute atomic E-state index is 10.1. The van der Waals surface area contributed by atoms with Gasteiger partial charge in [-0.3, -0.25) is 4.90 Å². The molecule has 1 aliphatic heterocycles. The van der Waals surface area contributed by atoms with Gasteiger partial charge < -0.3 is 10.2 Å². The average Bonchev–Trinajstić information content (AvgIpc) is 2.35. The van der Waals surface area contributed by atoms with Crippen LogP contribution >= 0.6 is 0 Å². The highest BCUT2D eigenvalue weighted by Gasteiger charge is 2.38. The molecule has 94 valence electrons. The molecule has 1 aromatic rings. The molecule has 2 rings (SSSR count). The minimum absolute atomic E-state index is 0.0941. The Hall–Kier alpha value is -0.900. The van der Waals surface area contributed by atoms with E-state index in [9.17, 15) is 10.2 Å². The molecule has 2 N–H and O–H groups in total. The van der Waals surface area contributed by atoms with Gasteiger partial charge in [0.1, 0.15) is 6.23 Å². The van der Waals surface area contributed by atoms with Crippen LogP contribution in [0.2, 0.25) is 0 Å². The van der Waals surface area contributed by atoms with E-state index in [0.717, 1.165) is 19.3 Å². The summed E-state index contributed by atoms with van der Waals surface area (Å²) in [5, 5.41) is 19.7. The van der Waals surface area contributed by atoms with Gasteiger partial charge in [0.2, 0.25) is 0 Å². The van der Waals surface area contributed by atoms with Crippen LogP contribution in [-0.4, -0.2) is 33.5 Å². The van der Waals surface area contributed by atoms with Crippen LogP contribution in [0.4, 0.5) is 0 Å². The van der Waals surface area contributed by atoms with E-state index in [1.807, 2.05) is 30.0 Å². The lowest BCUT2D eigenvalue weighted by Crippen LogP contribution is -2.56. The molecule has 0 saturated carbocycles. The zero-order chi connectivity index (χ0) is 12.3. The second kappa shape index (κ2) is 5.17. The molecule has 2 atom stereocenters. The Morgan fingerprint density at radius 3 is 2.71 bits per heavy atom. The molecule has 0 aliphatic carbocycles. The Labute approximate surface area is 103 Å². The first-order valence-electron chi connectivity index (χ1n) is 6.25. The van der Waals surface area contributed by atoms with Gasteiger partial charge in [-0.15, -0.1) is 0 Å². The van der Waals surface area contributed by atoms with E-state index in [1.54, 1.807) is 0 Å². The fourth-order valence-corrected chi connectivity index (χ4v) is 2.57. The SMILES string of the molecule is C[13C@]1(CO)CCC[C@H](O)N1[13CH2]c1ccccc1. The van der Waals surface area contributed by atoms with Gasteiger partial charge in [-0.1, -0.05) is 30.3 Å². The molecule has 0 bridgehead atoms. The normalized spacial score (nSPS) is 30.4. The highest BCUT2D eigenvalue weighted by Crippen LogP contribution is 2.32. The summed E-state index contributed by atoms with van der Waals surface area (Å²) >= 11 is 0. The first kappa shape index (κ1) is 12.6. The van der Waals surface area contributed by atoms with Crippen LogP contribution in [0.25, 0.3) is 0 Å². The van der Waals surface area contributed by atoms with Crippen LogP contribution in [-0.2, 0) is 6.54 Å². The molecule has 0 radical (unpaired) electrons. The molecule has 1 aromatic carbocycles. The summed E-state index contributed by atoms with van der Waals surface area (Å²) in [4.78, 5) is 2.02. The Morgan fingerprint density at radius 2 is 2.06 bits per heavy atom. The standard InChI is InChI=1S/C14H21NO2/c1-14(11-16)9-5-8-13(17)15(14)10-12-6-3-2-4-7-12/h2-4,6-7,13,16-17H,5,8-11H2,1H3/t13-,14+/m0/s1/i10+1,14+1. The third-order valence-electron chi connectivity index (χ3n) is 3.77. The van der Waals surface area contributed by atoms with E-state index in [4.69, 9.17) is 0 Å². The monoisotopic (exact) mass is 237 g/mol. The largest absolute Gasteiger partial charge is 0.394 e. The third-order valence-corrected chi connectivity index (χ3v) is 3.77. The number of hydrogen-bond donors (Lipinski definition) is 2. The van der Waals surface area contributed by atoms with E-state index < -0.39 is 6.23 Å². The lowest BCUT2D eigenvalue weighted by molar-refractivity contribution is -0.118. The fourth-order valence-electron chi connectivity index (χ4n) is 2.57. The molecule has 3 nitrogen and oxygen atoms in total. The maximum atomic E-state index is 10.1. The van der Waals surface area contributed by atoms with Crippen LogP contribution in [0.1, 0.15) is 31.7 Å². The van der Waals surface area contributed by atoms with Crippen molar-refractivity contribution in [3.8, 4) is 0 Å². The summed E-state index contributed by atoms with van der Waals surface area (Å²) in [7, 11) is 0. The smallest absolute Gasteiger partial charge is 0.108 e. The molecular weight excluding hydrogens is 216 g/mol. The first-order valence-corrected chi connectivity index (χ1v) is 6.25. The Kier molecular flexibility index (Phi) is 3.82. The lowest BCUT2D eigenvalue weighted by atomic mass is 10.1. The van der Waals surface area contributed by atoms with Crippen molar-refractivity contribution in [3.05, 3.63) is 35.9 Å². The quantitative estimate of drug-likeness (QED) is 0.787. The number of nitrogens with zero attached hydrogens (tertiary/aromatic N) is 1. The molecule has 0 unspecified atom stereocenters. The van der Waals surface area contributed by atoms with Crippen molar-refractivity contribution < 1.29 is 10.2 Å². The summed E-state index contributed by atoms with van der Waals surface area (Å²) < 4.78 is 0. The summed E-state index contributed by atoms with van der Waals surface area (Å²) in [5.74, 6) is 0. The van der Waals surface area contributed by atoms with Crippen LogP contribution in [0.3, 0.4) is 0 Å². The van der Waals surface area contributed by atoms with Crippen LogP contribution in [0.5, 0.6) is 0 Å². The van der Waals surface area contributed by atoms with E-state index in [2.05, 4.69) is 12.1 Å². The molecule has 3 heteroatoms. The fraction of sp³-hybridized carbons (Fsp3) is 0.571. The van der Waals surface area contributed by atoms with Gasteiger partial charge in [0, 0.05) is 12.1 Å². The van der Waals surface area contributed by atoms with Gasteiger partial charge in [-0.25, -0.2) is 0 Å². The Balaban J connectivity index is 2.15. The van der Waals surface area contributed by atoms with E-state index in [1.165, 1.54) is 5.56 Å². The van der Waals surface area contributed by atoms with Crippen LogP contribution in [0.15, 0.2) is 30.3 Å². The zero-order valence-corrected chi connectivity index (χ0v) is 10.3. The summed E-state index contributed by atoms with van der Waals surface area (Å²) in [5.41, 5.74) is 0.876. The van der Waals surface area contributed by atoms with E-state index >= 15 is 0 Å². The minimum atomic E-state index is -0.443. The van der Waals surface area contributed by atoms with Gasteiger partial charge in [0.15, 0.2) is 0 Å². The second-order valence-corrected chi connectivity index (χ2v) is 5.14. The highest BCUT2D eigenvalue weighted by atomic mass is 16.3. The number of piperidine rings is 1. The second-order valence-electron chi connectivity index (χ2n) is 5.14. The van der Waals surface area contributed by atoms with Crippen LogP contribution < -0.4 is 0 Å². The molecule has 0 spiro atoms. The lowest BCUT2D eigenvalue weighted by Gasteiger charge is -2.46. The van der Waals surface area contributed by atoms with Crippen molar-refractivity contribution in [2.24, 2.45) is 0 Å². The van der Waals surface area contributed by atoms with Crippen molar-refractivity contribution in [2.75, 3.05) is 6.61 Å². The highest BCUT2D eigenvalue weighted by molar-refractivity contribution is 5.15. The number of benzene rings is 1. The summed E-state index contributed by atoms with van der Waals surface area (Å²) in [6.07, 6.45) is 2.26. The Bertz CT molecular complexity index is 354. The molecule has 0 aromatic heterocycles. The number of hydrogen-bond acceptors (Lipinski definition) is 3. The zero-order valence-electron chi connectivity index (χ0n) is 10.3. The van der Waals surface area contributed by atoms with Crippen molar-refractivity contribution in [3.63, 3.8) is 0 Å². The van der Waals surface area contributed by atoms with Gasteiger partial charge in [-0.2, -0.15) is 0 Å². The van der Waals surface area contributed by atoms with Crippen molar-refractivity contribution in [2.45, 2.75) is 44.5 Å². The molecule has 1 fully saturated rings. The molecule has 1 saturated heterocycles. The number of rotatable bonds is 3. The predicted octanol–water partition coefficient (Wildman–Crippen LogP) is 1.74. The topological polar surface area (TPSA) is 43.7 Å². The molecular formula is C14H21NO2. The third kappa shape index (κ3) is 2.68. The van der Waals surface area contributed by atoms with Crippen LogP contribution in [0, 0.1) is 0 Å². The minimum Gasteiger partial charge on any atom is -0.394 e. The van der Waals surface area contributed by atoms with Gasteiger partial charge in [-0.05, 0) is 31.7 Å². The Morgan fingerprint density at radius 1 is 1.35 bits per heavy atom. The summed E-state index contributed by atoms with van der Waals surface area (Å²) in [6.45, 7) is 2.81. The van der Waals surface area contributed by atoms with Gasteiger partial charge >= 0.3 is 0 Å². The van der Waals surface area contributed by atoms with Gasteiger partial charge in [0.25, 0.3) is 0 Å². The molecule has 1 heterocycles. The van der Waals surface area contributed by atoms with Crippen molar-refractivity contribution >= 4 is 0 Å². The predicted molar refractivity (Wildman–Crippen MR) is 67.3 cm³/mol. The van der Waals surface area contributed by atoms with E-state index in [0.29, 0.717) is 6.54 Å². The number of aliphatic hydroxyl groups excluding tert-OH is 2. The van der Waals surface area contributed by atoms with E-state index in [-0.39, 0.29) is 12.1 Å². The molecule has 17 heavy (non-hydrogen) atoms. The molecule has 1 aliphatic rings. The average molecular weight is 237 g/mol. The van der Waals surface area contributed by atoms with Crippen molar-refractivity contribution in [1.82, 2.24) is 4.90 Å². The summed E-state index contributed by atoms with van der Waals surface area (Å²) in [6, 6.07) is 10.1. The first-order chi connectivity index (χ1) is 8.15. The molecule has 0 amide bonds. The van der Waals surface area contributed by atoms with Crippen molar-refractivity contribution in [1.29, 1.82) is 0 Å². The van der Waals surface area contributed by atoms with Gasteiger partial charge in [0.05, 0.1) is 6.61 Å². The number of likely N-dealkylation sites (tertiary alicyclic amines) is 1.